The van der Waals surface area contributed by atoms with Gasteiger partial charge in [0.1, 0.15) is 6.61 Å². The van der Waals surface area contributed by atoms with E-state index in [0.717, 1.165) is 22.4 Å². The van der Waals surface area contributed by atoms with Crippen molar-refractivity contribution in [1.29, 1.82) is 0 Å². The first-order valence-corrected chi connectivity index (χ1v) is 11.5. The Morgan fingerprint density at radius 1 is 0.667 bits per heavy atom. The van der Waals surface area contributed by atoms with Crippen LogP contribution in [0.4, 0.5) is 0 Å². The summed E-state index contributed by atoms with van der Waals surface area (Å²) in [6, 6.07) is 0. The molecule has 0 bridgehead atoms. The van der Waals surface area contributed by atoms with Crippen LogP contribution < -0.4 is 4.74 Å². The van der Waals surface area contributed by atoms with Crippen LogP contribution in [-0.4, -0.2) is 0 Å². The first kappa shape index (κ1) is 22.1. The Morgan fingerprint density at radius 3 is 1.46 bits per heavy atom. The summed E-state index contributed by atoms with van der Waals surface area (Å²) in [5.74, 6) is 0.567. The van der Waals surface area contributed by atoms with Crippen molar-refractivity contribution in [2.75, 3.05) is 0 Å². The minimum absolute atomic E-state index is 0.0924. The highest BCUT2D eigenvalue weighted by Gasteiger charge is 2.22. The zero-order valence-electron chi connectivity index (χ0n) is 11.5. The normalized spacial score (nSPS) is 11.1. The Balaban J connectivity index is 2.48. The highest BCUT2D eigenvalue weighted by Crippen LogP contribution is 2.49. The van der Waals surface area contributed by atoms with E-state index in [9.17, 15) is 0 Å². The maximum atomic E-state index is 6.30. The molecule has 1 nitrogen and oxygen atoms in total. The molecule has 0 aliphatic rings. The molecular weight excluding hydrogens is 725 g/mol. The molecule has 0 fully saturated rings. The van der Waals surface area contributed by atoms with E-state index in [4.69, 9.17) is 51.1 Å². The average Bonchev–Trinajstić information content (AvgIpc) is 2.57. The van der Waals surface area contributed by atoms with E-state index >= 15 is 0 Å². The van der Waals surface area contributed by atoms with Crippen molar-refractivity contribution < 1.29 is 4.74 Å². The van der Waals surface area contributed by atoms with Crippen LogP contribution in [0.3, 0.4) is 0 Å². The molecule has 10 heteroatoms. The number of halogens is 9. The van der Waals surface area contributed by atoms with Gasteiger partial charge in [0.05, 0.1) is 38.0 Å². The smallest absolute Gasteiger partial charge is 0.150 e. The fourth-order valence-corrected chi connectivity index (χ4v) is 6.10. The average molecular weight is 731 g/mol. The van der Waals surface area contributed by atoms with Gasteiger partial charge in [0.15, 0.2) is 5.75 Å². The summed E-state index contributed by atoms with van der Waals surface area (Å²) in [4.78, 5) is 0. The Kier molecular flexibility index (Phi) is 8.16. The SMILES string of the molecule is Cc1c(Cl)c(Cl)c(COc2c(Br)c(Br)c(Br)c(Br)c2Br)c(Cl)c1Cl. The van der Waals surface area contributed by atoms with Gasteiger partial charge in [-0.3, -0.25) is 0 Å². The van der Waals surface area contributed by atoms with Crippen molar-refractivity contribution in [1.82, 2.24) is 0 Å². The summed E-state index contributed by atoms with van der Waals surface area (Å²) in [5, 5.41) is 1.37. The van der Waals surface area contributed by atoms with Gasteiger partial charge in [-0.15, -0.1) is 0 Å². The minimum Gasteiger partial charge on any atom is -0.486 e. The summed E-state index contributed by atoms with van der Waals surface area (Å²) >= 11 is 42.5. The van der Waals surface area contributed by atoms with E-state index in [1.165, 1.54) is 0 Å². The zero-order chi connectivity index (χ0) is 18.3. The van der Waals surface area contributed by atoms with Crippen molar-refractivity contribution >= 4 is 126 Å². The second kappa shape index (κ2) is 8.87. The quantitative estimate of drug-likeness (QED) is 0.226. The van der Waals surface area contributed by atoms with Gasteiger partial charge >= 0.3 is 0 Å². The van der Waals surface area contributed by atoms with Crippen LogP contribution in [0.2, 0.25) is 20.1 Å². The lowest BCUT2D eigenvalue weighted by atomic mass is 10.1. The first-order valence-electron chi connectivity index (χ1n) is 6.05. The van der Waals surface area contributed by atoms with E-state index in [-0.39, 0.29) is 6.61 Å². The van der Waals surface area contributed by atoms with Crippen molar-refractivity contribution in [2.24, 2.45) is 0 Å². The van der Waals surface area contributed by atoms with Gasteiger partial charge in [0.25, 0.3) is 0 Å². The number of hydrogen-bond acceptors (Lipinski definition) is 1. The molecule has 0 unspecified atom stereocenters. The largest absolute Gasteiger partial charge is 0.486 e. The molecule has 130 valence electrons. The summed E-state index contributed by atoms with van der Waals surface area (Å²) in [6.07, 6.45) is 0. The monoisotopic (exact) mass is 724 g/mol. The molecule has 0 aliphatic heterocycles. The van der Waals surface area contributed by atoms with Gasteiger partial charge in [-0.25, -0.2) is 0 Å². The molecule has 0 aromatic heterocycles. The summed E-state index contributed by atoms with van der Waals surface area (Å²) < 4.78 is 9.80. The molecule has 0 N–H and O–H groups in total. The van der Waals surface area contributed by atoms with Crippen LogP contribution in [0.15, 0.2) is 22.4 Å². The van der Waals surface area contributed by atoms with Crippen LogP contribution in [-0.2, 0) is 6.61 Å². The predicted octanol–water partition coefficient (Wildman–Crippen LogP) is 10.0. The van der Waals surface area contributed by atoms with Crippen molar-refractivity contribution in [2.45, 2.75) is 13.5 Å². The standard InChI is InChI=1S/C14H5Br5Cl4O/c1-3-10(20)12(22)4(13(23)11(3)21)2-24-14-8(18)6(16)5(15)7(17)9(14)19/h2H2,1H3. The zero-order valence-corrected chi connectivity index (χ0v) is 22.5. The highest BCUT2D eigenvalue weighted by atomic mass is 79.9. The molecule has 0 aliphatic carbocycles. The van der Waals surface area contributed by atoms with E-state index in [1.54, 1.807) is 6.92 Å². The van der Waals surface area contributed by atoms with E-state index in [1.807, 2.05) is 0 Å². The molecule has 0 heterocycles. The van der Waals surface area contributed by atoms with E-state index in [2.05, 4.69) is 79.6 Å². The Labute approximate surface area is 201 Å². The lowest BCUT2D eigenvalue weighted by Gasteiger charge is -2.17. The molecule has 0 amide bonds. The summed E-state index contributed by atoms with van der Waals surface area (Å²) in [5.41, 5.74) is 1.15. The van der Waals surface area contributed by atoms with Crippen LogP contribution in [0, 0.1) is 6.92 Å². The lowest BCUT2D eigenvalue weighted by molar-refractivity contribution is 0.302. The Bertz CT molecular complexity index is 713. The molecule has 0 radical (unpaired) electrons. The van der Waals surface area contributed by atoms with Gasteiger partial charge in [-0.1, -0.05) is 46.4 Å². The molecule has 2 rings (SSSR count). The molecule has 0 spiro atoms. The summed E-state index contributed by atoms with van der Waals surface area (Å²) in [7, 11) is 0. The molecular formula is C14H5Br5Cl4O. The van der Waals surface area contributed by atoms with Gasteiger partial charge in [0, 0.05) is 10.0 Å². The molecule has 0 saturated heterocycles. The lowest BCUT2D eigenvalue weighted by Crippen LogP contribution is -2.01. The van der Waals surface area contributed by atoms with Crippen LogP contribution in [0.5, 0.6) is 5.75 Å². The molecule has 0 saturated carbocycles. The van der Waals surface area contributed by atoms with E-state index < -0.39 is 0 Å². The first-order chi connectivity index (χ1) is 11.1. The maximum Gasteiger partial charge on any atom is 0.150 e. The highest BCUT2D eigenvalue weighted by molar-refractivity contribution is 9.15. The van der Waals surface area contributed by atoms with Crippen LogP contribution in [0.1, 0.15) is 11.1 Å². The van der Waals surface area contributed by atoms with Crippen molar-refractivity contribution in [3.8, 4) is 5.75 Å². The van der Waals surface area contributed by atoms with Crippen LogP contribution >= 0.6 is 126 Å². The predicted molar refractivity (Wildman–Crippen MR) is 120 cm³/mol. The summed E-state index contributed by atoms with van der Waals surface area (Å²) in [6.45, 7) is 1.85. The number of hydrogen-bond donors (Lipinski definition) is 0. The van der Waals surface area contributed by atoms with Crippen molar-refractivity contribution in [3.63, 3.8) is 0 Å². The van der Waals surface area contributed by atoms with Gasteiger partial charge in [-0.2, -0.15) is 0 Å². The number of rotatable bonds is 3. The van der Waals surface area contributed by atoms with Gasteiger partial charge in [-0.05, 0) is 92.1 Å². The number of benzene rings is 2. The molecule has 0 atom stereocenters. The fourth-order valence-electron chi connectivity index (χ4n) is 1.77. The molecule has 24 heavy (non-hydrogen) atoms. The third kappa shape index (κ3) is 4.12. The maximum absolute atomic E-state index is 6.30. The van der Waals surface area contributed by atoms with Crippen LogP contribution in [0.25, 0.3) is 0 Å². The third-order valence-corrected chi connectivity index (χ3v) is 11.1. The number of ether oxygens (including phenoxy) is 1. The second-order valence-electron chi connectivity index (χ2n) is 4.55. The molecule has 2 aromatic carbocycles. The third-order valence-electron chi connectivity index (χ3n) is 3.10. The topological polar surface area (TPSA) is 9.23 Å². The van der Waals surface area contributed by atoms with Gasteiger partial charge in [0.2, 0.25) is 0 Å². The Hall–Kier alpha value is 1.80. The van der Waals surface area contributed by atoms with E-state index in [0.29, 0.717) is 37.0 Å². The second-order valence-corrected chi connectivity index (χ2v) is 10.0. The fraction of sp³-hybridized carbons (Fsp3) is 0.143. The Morgan fingerprint density at radius 2 is 1.04 bits per heavy atom. The van der Waals surface area contributed by atoms with Crippen molar-refractivity contribution in [3.05, 3.63) is 53.6 Å². The minimum atomic E-state index is 0.0924. The van der Waals surface area contributed by atoms with Gasteiger partial charge < -0.3 is 4.74 Å². The molecule has 2 aromatic rings.